The van der Waals surface area contributed by atoms with Crippen molar-refractivity contribution < 1.29 is 9.90 Å². The number of nitrogens with zero attached hydrogens (tertiary/aromatic N) is 1. The van der Waals surface area contributed by atoms with Crippen LogP contribution in [0.25, 0.3) is 0 Å². The Bertz CT molecular complexity index is 358. The second kappa shape index (κ2) is 5.27. The van der Waals surface area contributed by atoms with Gasteiger partial charge in [0.15, 0.2) is 0 Å². The minimum absolute atomic E-state index is 0.0619. The van der Waals surface area contributed by atoms with Gasteiger partial charge < -0.3 is 5.11 Å². The number of thiocarbonyl (C=S) groups is 1. The van der Waals surface area contributed by atoms with Gasteiger partial charge in [-0.1, -0.05) is 30.3 Å². The fraction of sp³-hybridized carbons (Fsp3) is 0.200. The molecule has 0 amide bonds. The molecule has 0 bridgehead atoms. The van der Waals surface area contributed by atoms with Crippen molar-refractivity contribution in [1.82, 2.24) is 0 Å². The number of rotatable bonds is 4. The molecule has 72 valence electrons. The average molecular weight is 207 g/mol. The number of carbonyl (C=O) groups is 1. The van der Waals surface area contributed by atoms with E-state index in [1.165, 1.54) is 0 Å². The Hall–Kier alpha value is -1.51. The van der Waals surface area contributed by atoms with Crippen LogP contribution in [0, 0.1) is 0 Å². The molecule has 1 aromatic rings. The maximum Gasteiger partial charge on any atom is 0.305 e. The van der Waals surface area contributed by atoms with Crippen molar-refractivity contribution in [2.45, 2.75) is 12.5 Å². The molecule has 0 fully saturated rings. The van der Waals surface area contributed by atoms with Crippen LogP contribution in [0.4, 0.5) is 0 Å². The van der Waals surface area contributed by atoms with Crippen molar-refractivity contribution in [2.24, 2.45) is 4.99 Å². The summed E-state index contributed by atoms with van der Waals surface area (Å²) in [6, 6.07) is 8.76. The zero-order chi connectivity index (χ0) is 10.4. The van der Waals surface area contributed by atoms with Crippen molar-refractivity contribution in [2.75, 3.05) is 0 Å². The quantitative estimate of drug-likeness (QED) is 0.608. The Labute approximate surface area is 87.1 Å². The molecule has 14 heavy (non-hydrogen) atoms. The lowest BCUT2D eigenvalue weighted by atomic mass is 10.1. The Morgan fingerprint density at radius 2 is 2.14 bits per heavy atom. The fourth-order valence-corrected chi connectivity index (χ4v) is 1.27. The van der Waals surface area contributed by atoms with Gasteiger partial charge in [0.1, 0.15) is 0 Å². The molecule has 0 aliphatic rings. The van der Waals surface area contributed by atoms with E-state index < -0.39 is 12.0 Å². The normalized spacial score (nSPS) is 11.4. The second-order valence-corrected chi connectivity index (χ2v) is 2.93. The van der Waals surface area contributed by atoms with E-state index >= 15 is 0 Å². The lowest BCUT2D eigenvalue weighted by Gasteiger charge is -2.07. The molecule has 1 aromatic carbocycles. The van der Waals surface area contributed by atoms with Gasteiger partial charge in [0.25, 0.3) is 0 Å². The Balaban J connectivity index is 2.88. The zero-order valence-corrected chi connectivity index (χ0v) is 8.20. The van der Waals surface area contributed by atoms with Crippen LogP contribution < -0.4 is 0 Å². The summed E-state index contributed by atoms with van der Waals surface area (Å²) in [4.78, 5) is 14.4. The van der Waals surface area contributed by atoms with Crippen LogP contribution in [0.5, 0.6) is 0 Å². The number of aliphatic imine (C=N–C) groups is 1. The summed E-state index contributed by atoms with van der Waals surface area (Å²) in [5.41, 5.74) is 0.840. The van der Waals surface area contributed by atoms with Crippen molar-refractivity contribution in [1.29, 1.82) is 0 Å². The van der Waals surface area contributed by atoms with Gasteiger partial charge in [0.2, 0.25) is 0 Å². The molecular formula is C10H9NO2S. The van der Waals surface area contributed by atoms with E-state index in [4.69, 9.17) is 5.11 Å². The molecule has 1 unspecified atom stereocenters. The van der Waals surface area contributed by atoms with Crippen molar-refractivity contribution in [3.8, 4) is 0 Å². The molecule has 4 heteroatoms. The Morgan fingerprint density at radius 3 is 2.64 bits per heavy atom. The van der Waals surface area contributed by atoms with E-state index in [1.807, 2.05) is 30.3 Å². The molecule has 0 aliphatic carbocycles. The highest BCUT2D eigenvalue weighted by Gasteiger charge is 2.13. The first kappa shape index (κ1) is 10.6. The average Bonchev–Trinajstić information content (AvgIpc) is 2.18. The summed E-state index contributed by atoms with van der Waals surface area (Å²) < 4.78 is 0. The molecule has 1 rings (SSSR count). The maximum atomic E-state index is 10.5. The molecule has 0 spiro atoms. The lowest BCUT2D eigenvalue weighted by molar-refractivity contribution is -0.137. The number of isothiocyanates is 1. The van der Waals surface area contributed by atoms with Crippen LogP contribution in [-0.4, -0.2) is 16.2 Å². The molecule has 0 saturated heterocycles. The third kappa shape index (κ3) is 3.09. The summed E-state index contributed by atoms with van der Waals surface area (Å²) in [5, 5.41) is 10.9. The van der Waals surface area contributed by atoms with Gasteiger partial charge in [0, 0.05) is 0 Å². The number of hydrogen-bond acceptors (Lipinski definition) is 3. The minimum atomic E-state index is -0.896. The predicted molar refractivity (Wildman–Crippen MR) is 56.5 cm³/mol. The molecule has 0 saturated carbocycles. The van der Waals surface area contributed by atoms with Gasteiger partial charge >= 0.3 is 5.97 Å². The van der Waals surface area contributed by atoms with Crippen LogP contribution in [0.3, 0.4) is 0 Å². The molecule has 3 nitrogen and oxygen atoms in total. The highest BCUT2D eigenvalue weighted by atomic mass is 32.1. The second-order valence-electron chi connectivity index (χ2n) is 2.74. The van der Waals surface area contributed by atoms with Gasteiger partial charge in [-0.25, -0.2) is 4.99 Å². The van der Waals surface area contributed by atoms with E-state index in [9.17, 15) is 4.79 Å². The van der Waals surface area contributed by atoms with E-state index in [0.29, 0.717) is 0 Å². The molecule has 0 radical (unpaired) electrons. The first-order valence-corrected chi connectivity index (χ1v) is 4.48. The molecule has 0 heterocycles. The van der Waals surface area contributed by atoms with Gasteiger partial charge in [-0.15, -0.1) is 0 Å². The SMILES string of the molecule is O=C(O)CC(N=C=S)c1ccccc1. The molecule has 0 aromatic heterocycles. The monoisotopic (exact) mass is 207 g/mol. The predicted octanol–water partition coefficient (Wildman–Crippen LogP) is 2.31. The lowest BCUT2D eigenvalue weighted by Crippen LogP contribution is -2.03. The van der Waals surface area contributed by atoms with E-state index in [1.54, 1.807) is 0 Å². The molecule has 0 aliphatic heterocycles. The standard InChI is InChI=1S/C10H9NO2S/c12-10(13)6-9(11-7-14)8-4-2-1-3-5-8/h1-5,9H,6H2,(H,12,13). The van der Waals surface area contributed by atoms with Gasteiger partial charge in [0.05, 0.1) is 17.6 Å². The summed E-state index contributed by atoms with van der Waals surface area (Å²) in [5.74, 6) is -0.896. The topological polar surface area (TPSA) is 49.7 Å². The first-order chi connectivity index (χ1) is 6.74. The van der Waals surface area contributed by atoms with Gasteiger partial charge in [-0.3, -0.25) is 4.79 Å². The third-order valence-corrected chi connectivity index (χ3v) is 1.87. The van der Waals surface area contributed by atoms with Crippen molar-refractivity contribution in [3.63, 3.8) is 0 Å². The highest BCUT2D eigenvalue weighted by molar-refractivity contribution is 7.78. The van der Waals surface area contributed by atoms with Crippen LogP contribution in [-0.2, 0) is 4.79 Å². The largest absolute Gasteiger partial charge is 0.481 e. The summed E-state index contributed by atoms with van der Waals surface area (Å²) in [6.07, 6.45) is -0.0619. The maximum absolute atomic E-state index is 10.5. The van der Waals surface area contributed by atoms with E-state index in [0.717, 1.165) is 5.56 Å². The van der Waals surface area contributed by atoms with Gasteiger partial charge in [-0.2, -0.15) is 0 Å². The van der Waals surface area contributed by atoms with E-state index in [2.05, 4.69) is 22.4 Å². The Morgan fingerprint density at radius 1 is 1.50 bits per heavy atom. The van der Waals surface area contributed by atoms with Crippen molar-refractivity contribution >= 4 is 23.3 Å². The first-order valence-electron chi connectivity index (χ1n) is 4.07. The highest BCUT2D eigenvalue weighted by Crippen LogP contribution is 2.20. The van der Waals surface area contributed by atoms with Crippen LogP contribution in [0.15, 0.2) is 35.3 Å². The van der Waals surface area contributed by atoms with Crippen LogP contribution in [0.1, 0.15) is 18.0 Å². The summed E-state index contributed by atoms with van der Waals surface area (Å²) in [7, 11) is 0. The zero-order valence-electron chi connectivity index (χ0n) is 7.38. The third-order valence-electron chi connectivity index (χ3n) is 1.76. The molecule has 1 N–H and O–H groups in total. The number of carboxylic acid groups (broad SMARTS) is 1. The number of benzene rings is 1. The fourth-order valence-electron chi connectivity index (χ4n) is 1.14. The summed E-state index contributed by atoms with van der Waals surface area (Å²) >= 11 is 4.47. The van der Waals surface area contributed by atoms with Gasteiger partial charge in [-0.05, 0) is 17.8 Å². The minimum Gasteiger partial charge on any atom is -0.481 e. The van der Waals surface area contributed by atoms with Crippen molar-refractivity contribution in [3.05, 3.63) is 35.9 Å². The molecular weight excluding hydrogens is 198 g/mol. The Kier molecular flexibility index (Phi) is 3.98. The smallest absolute Gasteiger partial charge is 0.305 e. The number of aliphatic carboxylic acids is 1. The summed E-state index contributed by atoms with van der Waals surface area (Å²) in [6.45, 7) is 0. The van der Waals surface area contributed by atoms with E-state index in [-0.39, 0.29) is 6.42 Å². The molecule has 1 atom stereocenters. The van der Waals surface area contributed by atoms with Crippen LogP contribution in [0.2, 0.25) is 0 Å². The number of carboxylic acids is 1. The number of hydrogen-bond donors (Lipinski definition) is 1. The van der Waals surface area contributed by atoms with Crippen LogP contribution >= 0.6 is 12.2 Å².